The van der Waals surface area contributed by atoms with Gasteiger partial charge in [0.15, 0.2) is 0 Å². The fourth-order valence-corrected chi connectivity index (χ4v) is 3.01. The quantitative estimate of drug-likeness (QED) is 0.778. The van der Waals surface area contributed by atoms with E-state index in [4.69, 9.17) is 46.3 Å². The first-order valence-electron chi connectivity index (χ1n) is 6.96. The molecule has 2 rings (SSSR count). The number of nitrogen functional groups attached to an aromatic ring is 2. The van der Waals surface area contributed by atoms with E-state index in [9.17, 15) is 0 Å². The zero-order chi connectivity index (χ0) is 16.3. The molecular formula is C15H17Cl3N4. The molecule has 2 aromatic rings. The van der Waals surface area contributed by atoms with Gasteiger partial charge in [-0.1, -0.05) is 41.7 Å². The van der Waals surface area contributed by atoms with E-state index in [2.05, 4.69) is 9.97 Å². The fourth-order valence-electron chi connectivity index (χ4n) is 2.35. The van der Waals surface area contributed by atoms with E-state index in [0.29, 0.717) is 20.9 Å². The number of hydrogen-bond donors (Lipinski definition) is 2. The molecule has 0 bridgehead atoms. The van der Waals surface area contributed by atoms with Crippen LogP contribution < -0.4 is 11.5 Å². The molecule has 0 saturated heterocycles. The number of rotatable bonds is 5. The molecular weight excluding hydrogens is 343 g/mol. The molecule has 1 heterocycles. The third-order valence-electron chi connectivity index (χ3n) is 3.44. The second kappa shape index (κ2) is 7.36. The molecule has 22 heavy (non-hydrogen) atoms. The zero-order valence-corrected chi connectivity index (χ0v) is 14.4. The van der Waals surface area contributed by atoms with Crippen molar-refractivity contribution in [2.75, 3.05) is 11.5 Å². The topological polar surface area (TPSA) is 77.8 Å². The molecule has 118 valence electrons. The van der Waals surface area contributed by atoms with Gasteiger partial charge in [0.25, 0.3) is 0 Å². The number of aryl methyl sites for hydroxylation is 2. The molecule has 0 saturated carbocycles. The first-order valence-corrected chi connectivity index (χ1v) is 8.10. The predicted molar refractivity (Wildman–Crippen MR) is 93.7 cm³/mol. The SMILES string of the molecule is CCc1nc(N)nc(N)c1CCCc1cc(Cl)c(Cl)cc1Cl. The standard InChI is InChI=1S/C15H17Cl3N4/c1-2-13-9(14(19)22-15(20)21-13)5-3-4-8-6-11(17)12(18)7-10(8)16/h6-7H,2-5H2,1H3,(H4,19,20,21,22). The van der Waals surface area contributed by atoms with Crippen molar-refractivity contribution < 1.29 is 0 Å². The molecule has 0 unspecified atom stereocenters. The van der Waals surface area contributed by atoms with Crippen molar-refractivity contribution in [3.05, 3.63) is 44.0 Å². The first kappa shape index (κ1) is 17.1. The maximum absolute atomic E-state index is 6.18. The van der Waals surface area contributed by atoms with Crippen LogP contribution in [0.3, 0.4) is 0 Å². The molecule has 0 aliphatic carbocycles. The molecule has 0 radical (unpaired) electrons. The summed E-state index contributed by atoms with van der Waals surface area (Å²) in [7, 11) is 0. The van der Waals surface area contributed by atoms with E-state index in [-0.39, 0.29) is 5.95 Å². The largest absolute Gasteiger partial charge is 0.383 e. The van der Waals surface area contributed by atoms with Gasteiger partial charge in [-0.2, -0.15) is 4.98 Å². The van der Waals surface area contributed by atoms with Gasteiger partial charge in [-0.3, -0.25) is 0 Å². The van der Waals surface area contributed by atoms with Gasteiger partial charge in [0.05, 0.1) is 15.7 Å². The summed E-state index contributed by atoms with van der Waals surface area (Å²) in [5, 5.41) is 1.58. The van der Waals surface area contributed by atoms with Crippen molar-refractivity contribution in [1.82, 2.24) is 9.97 Å². The normalized spacial score (nSPS) is 10.9. The Morgan fingerprint density at radius 3 is 2.32 bits per heavy atom. The van der Waals surface area contributed by atoms with Gasteiger partial charge in [0.1, 0.15) is 5.82 Å². The molecule has 0 amide bonds. The fraction of sp³-hybridized carbons (Fsp3) is 0.333. The summed E-state index contributed by atoms with van der Waals surface area (Å²) in [6.45, 7) is 2.01. The highest BCUT2D eigenvalue weighted by molar-refractivity contribution is 6.43. The Bertz CT molecular complexity index is 689. The van der Waals surface area contributed by atoms with E-state index in [1.54, 1.807) is 12.1 Å². The van der Waals surface area contributed by atoms with E-state index in [1.807, 2.05) is 6.92 Å². The van der Waals surface area contributed by atoms with E-state index >= 15 is 0 Å². The number of benzene rings is 1. The van der Waals surface area contributed by atoms with Crippen molar-refractivity contribution in [2.45, 2.75) is 32.6 Å². The van der Waals surface area contributed by atoms with Crippen LogP contribution in [0.15, 0.2) is 12.1 Å². The summed E-state index contributed by atoms with van der Waals surface area (Å²) in [5.74, 6) is 0.662. The average molecular weight is 360 g/mol. The number of hydrogen-bond acceptors (Lipinski definition) is 4. The van der Waals surface area contributed by atoms with Crippen LogP contribution in [-0.2, 0) is 19.3 Å². The number of nitrogens with two attached hydrogens (primary N) is 2. The molecule has 4 nitrogen and oxygen atoms in total. The minimum absolute atomic E-state index is 0.214. The number of aromatic nitrogens is 2. The second-order valence-corrected chi connectivity index (χ2v) is 6.18. The summed E-state index contributed by atoms with van der Waals surface area (Å²) in [6, 6.07) is 3.47. The maximum Gasteiger partial charge on any atom is 0.222 e. The Labute approximate surface area is 144 Å². The highest BCUT2D eigenvalue weighted by atomic mass is 35.5. The lowest BCUT2D eigenvalue weighted by Gasteiger charge is -2.11. The molecule has 0 aliphatic heterocycles. The van der Waals surface area contributed by atoms with Crippen molar-refractivity contribution in [3.63, 3.8) is 0 Å². The minimum atomic E-state index is 0.214. The summed E-state index contributed by atoms with van der Waals surface area (Å²) in [5.41, 5.74) is 14.4. The van der Waals surface area contributed by atoms with Gasteiger partial charge in [-0.15, -0.1) is 0 Å². The highest BCUT2D eigenvalue weighted by Gasteiger charge is 2.11. The lowest BCUT2D eigenvalue weighted by Crippen LogP contribution is -2.09. The summed E-state index contributed by atoms with van der Waals surface area (Å²) < 4.78 is 0. The Hall–Kier alpha value is -1.23. The van der Waals surface area contributed by atoms with Gasteiger partial charge in [0.2, 0.25) is 5.95 Å². The number of nitrogens with zero attached hydrogens (tertiary/aromatic N) is 2. The summed E-state index contributed by atoms with van der Waals surface area (Å²) >= 11 is 18.1. The molecule has 0 aliphatic rings. The van der Waals surface area contributed by atoms with Crippen LogP contribution in [-0.4, -0.2) is 9.97 Å². The van der Waals surface area contributed by atoms with Crippen LogP contribution in [0.25, 0.3) is 0 Å². The Kier molecular flexibility index (Phi) is 5.73. The van der Waals surface area contributed by atoms with Crippen molar-refractivity contribution in [2.24, 2.45) is 0 Å². The molecule has 0 spiro atoms. The third kappa shape index (κ3) is 3.94. The maximum atomic E-state index is 6.18. The van der Waals surface area contributed by atoms with Crippen LogP contribution >= 0.6 is 34.8 Å². The van der Waals surface area contributed by atoms with E-state index in [1.165, 1.54) is 0 Å². The molecule has 1 aromatic carbocycles. The zero-order valence-electron chi connectivity index (χ0n) is 12.2. The molecule has 1 aromatic heterocycles. The van der Waals surface area contributed by atoms with Gasteiger partial charge in [-0.25, -0.2) is 4.98 Å². The highest BCUT2D eigenvalue weighted by Crippen LogP contribution is 2.30. The van der Waals surface area contributed by atoms with Crippen LogP contribution in [0, 0.1) is 0 Å². The van der Waals surface area contributed by atoms with Crippen molar-refractivity contribution in [3.8, 4) is 0 Å². The van der Waals surface area contributed by atoms with Gasteiger partial charge >= 0.3 is 0 Å². The minimum Gasteiger partial charge on any atom is -0.383 e. The Balaban J connectivity index is 2.10. The summed E-state index contributed by atoms with van der Waals surface area (Å²) in [4.78, 5) is 8.27. The first-order chi connectivity index (χ1) is 10.4. The average Bonchev–Trinajstić information content (AvgIpc) is 2.45. The molecule has 0 fully saturated rings. The van der Waals surface area contributed by atoms with E-state index in [0.717, 1.165) is 42.5 Å². The monoisotopic (exact) mass is 358 g/mol. The second-order valence-electron chi connectivity index (χ2n) is 4.96. The number of anilines is 2. The van der Waals surface area contributed by atoms with Crippen molar-refractivity contribution in [1.29, 1.82) is 0 Å². The summed E-state index contributed by atoms with van der Waals surface area (Å²) in [6.07, 6.45) is 3.14. The lowest BCUT2D eigenvalue weighted by molar-refractivity contribution is 0.798. The van der Waals surface area contributed by atoms with Crippen molar-refractivity contribution >= 4 is 46.6 Å². The van der Waals surface area contributed by atoms with Crippen LogP contribution in [0.1, 0.15) is 30.2 Å². The van der Waals surface area contributed by atoms with Gasteiger partial charge in [0, 0.05) is 10.6 Å². The Morgan fingerprint density at radius 1 is 0.955 bits per heavy atom. The lowest BCUT2D eigenvalue weighted by atomic mass is 10.0. The van der Waals surface area contributed by atoms with Gasteiger partial charge < -0.3 is 11.5 Å². The van der Waals surface area contributed by atoms with Crippen LogP contribution in [0.4, 0.5) is 11.8 Å². The molecule has 4 N–H and O–H groups in total. The Morgan fingerprint density at radius 2 is 1.64 bits per heavy atom. The smallest absolute Gasteiger partial charge is 0.222 e. The molecule has 7 heteroatoms. The van der Waals surface area contributed by atoms with Crippen LogP contribution in [0.2, 0.25) is 15.1 Å². The number of halogens is 3. The van der Waals surface area contributed by atoms with E-state index < -0.39 is 0 Å². The predicted octanol–water partition coefficient (Wildman–Crippen LogP) is 4.34. The third-order valence-corrected chi connectivity index (χ3v) is 4.51. The van der Waals surface area contributed by atoms with Gasteiger partial charge in [-0.05, 0) is 43.4 Å². The molecule has 0 atom stereocenters. The van der Waals surface area contributed by atoms with Crippen LogP contribution in [0.5, 0.6) is 0 Å².